The summed E-state index contributed by atoms with van der Waals surface area (Å²) in [7, 11) is 0. The van der Waals surface area contributed by atoms with Gasteiger partial charge in [0.25, 0.3) is 11.1 Å². The maximum Gasteiger partial charge on any atom is 0.294 e. The van der Waals surface area contributed by atoms with Gasteiger partial charge in [-0.25, -0.2) is 0 Å². The number of benzene rings is 1. The van der Waals surface area contributed by atoms with E-state index in [1.165, 1.54) is 0 Å². The van der Waals surface area contributed by atoms with Gasteiger partial charge in [0.1, 0.15) is 18.9 Å². The quantitative estimate of drug-likeness (QED) is 0.483. The standard InChI is InChI=1S/C19H21ClN2O4S/c1-4-9-26-15-8-7-13(10-14(15)20)11-16-18(24)22(19(25)27-16)12-17(23)21(5-2)6-3/h4,7-8,10-11H,1,5-6,9,12H2,2-3H3/b16-11-. The van der Waals surface area contributed by atoms with E-state index in [0.29, 0.717) is 36.0 Å². The minimum atomic E-state index is -0.478. The summed E-state index contributed by atoms with van der Waals surface area (Å²) in [5.74, 6) is -0.226. The maximum absolute atomic E-state index is 12.5. The first-order valence-corrected chi connectivity index (χ1v) is 9.67. The molecule has 0 radical (unpaired) electrons. The molecular weight excluding hydrogens is 388 g/mol. The van der Waals surface area contributed by atoms with Crippen molar-refractivity contribution < 1.29 is 19.1 Å². The van der Waals surface area contributed by atoms with E-state index in [-0.39, 0.29) is 17.4 Å². The SMILES string of the molecule is C=CCOc1ccc(/C=C2\SC(=O)N(CC(=O)N(CC)CC)C2=O)cc1Cl. The molecule has 1 heterocycles. The van der Waals surface area contributed by atoms with Gasteiger partial charge in [-0.1, -0.05) is 30.3 Å². The second-order valence-corrected chi connectivity index (χ2v) is 7.02. The van der Waals surface area contributed by atoms with Crippen LogP contribution in [-0.2, 0) is 9.59 Å². The molecule has 144 valence electrons. The van der Waals surface area contributed by atoms with E-state index in [1.54, 1.807) is 35.3 Å². The van der Waals surface area contributed by atoms with Gasteiger partial charge in [0.05, 0.1) is 9.93 Å². The smallest absolute Gasteiger partial charge is 0.294 e. The highest BCUT2D eigenvalue weighted by molar-refractivity contribution is 8.18. The normalized spacial score (nSPS) is 15.4. The largest absolute Gasteiger partial charge is 0.488 e. The highest BCUT2D eigenvalue weighted by atomic mass is 35.5. The number of ether oxygens (including phenoxy) is 1. The molecule has 1 aromatic carbocycles. The van der Waals surface area contributed by atoms with Crippen molar-refractivity contribution in [1.82, 2.24) is 9.80 Å². The van der Waals surface area contributed by atoms with Crippen molar-refractivity contribution in [2.75, 3.05) is 26.2 Å². The van der Waals surface area contributed by atoms with Gasteiger partial charge in [0.2, 0.25) is 5.91 Å². The molecule has 0 aliphatic carbocycles. The number of imide groups is 1. The van der Waals surface area contributed by atoms with E-state index in [9.17, 15) is 14.4 Å². The summed E-state index contributed by atoms with van der Waals surface area (Å²) < 4.78 is 5.41. The number of amides is 3. The minimum Gasteiger partial charge on any atom is -0.488 e. The van der Waals surface area contributed by atoms with E-state index in [2.05, 4.69) is 6.58 Å². The fourth-order valence-electron chi connectivity index (χ4n) is 2.47. The molecule has 1 aliphatic rings. The van der Waals surface area contributed by atoms with Crippen LogP contribution in [0.5, 0.6) is 5.75 Å². The Kier molecular flexibility index (Phi) is 7.50. The van der Waals surface area contributed by atoms with E-state index in [0.717, 1.165) is 16.7 Å². The van der Waals surface area contributed by atoms with Crippen molar-refractivity contribution in [3.63, 3.8) is 0 Å². The third-order valence-corrected chi connectivity index (χ3v) is 5.10. The Bertz CT molecular complexity index is 790. The first-order chi connectivity index (χ1) is 12.9. The predicted molar refractivity (Wildman–Crippen MR) is 108 cm³/mol. The molecule has 3 amide bonds. The van der Waals surface area contributed by atoms with Gasteiger partial charge in [-0.05, 0) is 49.4 Å². The molecule has 8 heteroatoms. The number of halogens is 1. The average molecular weight is 409 g/mol. The first-order valence-electron chi connectivity index (χ1n) is 8.47. The lowest BCUT2D eigenvalue weighted by atomic mass is 10.2. The van der Waals surface area contributed by atoms with E-state index < -0.39 is 11.1 Å². The van der Waals surface area contributed by atoms with Crippen molar-refractivity contribution in [2.45, 2.75) is 13.8 Å². The Morgan fingerprint density at radius 3 is 2.63 bits per heavy atom. The summed E-state index contributed by atoms with van der Waals surface area (Å²) in [6.45, 7) is 8.41. The molecule has 0 N–H and O–H groups in total. The minimum absolute atomic E-state index is 0.251. The molecule has 0 bridgehead atoms. The molecular formula is C19H21ClN2O4S. The average Bonchev–Trinajstić information content (AvgIpc) is 2.89. The van der Waals surface area contributed by atoms with Gasteiger partial charge in [0.15, 0.2) is 0 Å². The molecule has 0 spiro atoms. The van der Waals surface area contributed by atoms with E-state index in [1.807, 2.05) is 13.8 Å². The van der Waals surface area contributed by atoms with Gasteiger partial charge < -0.3 is 9.64 Å². The molecule has 0 saturated carbocycles. The van der Waals surface area contributed by atoms with Crippen LogP contribution in [0.1, 0.15) is 19.4 Å². The van der Waals surface area contributed by atoms with Gasteiger partial charge >= 0.3 is 0 Å². The Labute approximate surface area is 167 Å². The highest BCUT2D eigenvalue weighted by Gasteiger charge is 2.36. The van der Waals surface area contributed by atoms with Crippen LogP contribution in [0.15, 0.2) is 35.8 Å². The number of thioether (sulfide) groups is 1. The summed E-state index contributed by atoms with van der Waals surface area (Å²) in [6.07, 6.45) is 3.19. The molecule has 0 aromatic heterocycles. The van der Waals surface area contributed by atoms with Crippen LogP contribution in [0.3, 0.4) is 0 Å². The van der Waals surface area contributed by atoms with Crippen LogP contribution in [0.4, 0.5) is 4.79 Å². The van der Waals surface area contributed by atoms with Gasteiger partial charge in [-0.3, -0.25) is 19.3 Å². The predicted octanol–water partition coefficient (Wildman–Crippen LogP) is 3.81. The lowest BCUT2D eigenvalue weighted by Crippen LogP contribution is -2.41. The van der Waals surface area contributed by atoms with Crippen LogP contribution in [0, 0.1) is 0 Å². The third-order valence-electron chi connectivity index (χ3n) is 3.89. The first kappa shape index (κ1) is 21.1. The molecule has 1 fully saturated rings. The van der Waals surface area contributed by atoms with Crippen molar-refractivity contribution in [3.05, 3.63) is 46.3 Å². The number of hydrogen-bond acceptors (Lipinski definition) is 5. The molecule has 0 atom stereocenters. The second-order valence-electron chi connectivity index (χ2n) is 5.62. The number of hydrogen-bond donors (Lipinski definition) is 0. The van der Waals surface area contributed by atoms with Crippen LogP contribution in [-0.4, -0.2) is 53.1 Å². The monoisotopic (exact) mass is 408 g/mol. The molecule has 6 nitrogen and oxygen atoms in total. The fourth-order valence-corrected chi connectivity index (χ4v) is 3.55. The molecule has 2 rings (SSSR count). The Balaban J connectivity index is 2.14. The number of likely N-dealkylation sites (N-methyl/N-ethyl adjacent to an activating group) is 1. The summed E-state index contributed by atoms with van der Waals surface area (Å²) in [4.78, 5) is 39.7. The van der Waals surface area contributed by atoms with E-state index >= 15 is 0 Å². The van der Waals surface area contributed by atoms with Gasteiger partial charge in [-0.2, -0.15) is 0 Å². The van der Waals surface area contributed by atoms with Crippen LogP contribution < -0.4 is 4.74 Å². The van der Waals surface area contributed by atoms with Crippen molar-refractivity contribution >= 4 is 46.5 Å². The number of rotatable bonds is 8. The Morgan fingerprint density at radius 1 is 1.33 bits per heavy atom. The van der Waals surface area contributed by atoms with Crippen molar-refractivity contribution in [2.24, 2.45) is 0 Å². The fraction of sp³-hybridized carbons (Fsp3) is 0.316. The summed E-state index contributed by atoms with van der Waals surface area (Å²) in [6, 6.07) is 5.07. The Hall–Kier alpha value is -2.25. The summed E-state index contributed by atoms with van der Waals surface area (Å²) in [5, 5.41) is -0.0645. The summed E-state index contributed by atoms with van der Waals surface area (Å²) >= 11 is 6.98. The molecule has 1 aliphatic heterocycles. The third kappa shape index (κ3) is 5.14. The summed E-state index contributed by atoms with van der Waals surface area (Å²) in [5.41, 5.74) is 0.659. The Morgan fingerprint density at radius 2 is 2.04 bits per heavy atom. The van der Waals surface area contributed by atoms with Gasteiger partial charge in [0, 0.05) is 13.1 Å². The highest BCUT2D eigenvalue weighted by Crippen LogP contribution is 2.33. The topological polar surface area (TPSA) is 66.9 Å². The van der Waals surface area contributed by atoms with E-state index in [4.69, 9.17) is 16.3 Å². The zero-order chi connectivity index (χ0) is 20.0. The molecule has 27 heavy (non-hydrogen) atoms. The lowest BCUT2D eigenvalue weighted by Gasteiger charge is -2.21. The zero-order valence-corrected chi connectivity index (χ0v) is 16.8. The number of nitrogens with zero attached hydrogens (tertiary/aromatic N) is 2. The van der Waals surface area contributed by atoms with Crippen molar-refractivity contribution in [1.29, 1.82) is 0 Å². The maximum atomic E-state index is 12.5. The zero-order valence-electron chi connectivity index (χ0n) is 15.2. The molecule has 1 saturated heterocycles. The van der Waals surface area contributed by atoms with Crippen LogP contribution in [0.25, 0.3) is 6.08 Å². The molecule has 0 unspecified atom stereocenters. The lowest BCUT2D eigenvalue weighted by molar-refractivity contribution is -0.135. The number of carbonyl (C=O) groups excluding carboxylic acids is 3. The van der Waals surface area contributed by atoms with Crippen LogP contribution in [0.2, 0.25) is 5.02 Å². The molecule has 1 aromatic rings. The van der Waals surface area contributed by atoms with Crippen LogP contribution >= 0.6 is 23.4 Å². The van der Waals surface area contributed by atoms with Gasteiger partial charge in [-0.15, -0.1) is 0 Å². The number of carbonyl (C=O) groups is 3. The second kappa shape index (κ2) is 9.62. The van der Waals surface area contributed by atoms with Crippen molar-refractivity contribution in [3.8, 4) is 5.75 Å².